The van der Waals surface area contributed by atoms with Crippen LogP contribution in [0.3, 0.4) is 0 Å². The second-order valence-corrected chi connectivity index (χ2v) is 4.11. The topological polar surface area (TPSA) is 37.3 Å². The van der Waals surface area contributed by atoms with Gasteiger partial charge in [-0.1, -0.05) is 15.9 Å². The summed E-state index contributed by atoms with van der Waals surface area (Å²) in [5.74, 6) is -0.640. The van der Waals surface area contributed by atoms with Crippen LogP contribution < -0.4 is 0 Å². The Morgan fingerprint density at radius 2 is 2.22 bits per heavy atom. The third kappa shape index (κ3) is 0.584. The van der Waals surface area contributed by atoms with Crippen LogP contribution >= 0.6 is 15.9 Å². The van der Waals surface area contributed by atoms with Crippen molar-refractivity contribution in [1.82, 2.24) is 0 Å². The average Bonchev–Trinajstić information content (AvgIpc) is 2.54. The maximum absolute atomic E-state index is 10.3. The van der Waals surface area contributed by atoms with Gasteiger partial charge in [0.1, 0.15) is 0 Å². The minimum absolute atomic E-state index is 0.0260. The SMILES string of the molecule is O=C(O)[C@@H]1C[C@]12C[C@@H]2Br. The zero-order valence-corrected chi connectivity index (χ0v) is 6.39. The van der Waals surface area contributed by atoms with Crippen LogP contribution in [0.1, 0.15) is 12.8 Å². The normalized spacial score (nSPS) is 53.4. The van der Waals surface area contributed by atoms with E-state index in [-0.39, 0.29) is 11.3 Å². The summed E-state index contributed by atoms with van der Waals surface area (Å²) in [5, 5.41) is 8.53. The fraction of sp³-hybridized carbons (Fsp3) is 0.833. The number of carboxylic acid groups (broad SMARTS) is 1. The average molecular weight is 191 g/mol. The molecule has 0 bridgehead atoms. The lowest BCUT2D eigenvalue weighted by Gasteiger charge is -1.84. The molecular weight excluding hydrogens is 184 g/mol. The van der Waals surface area contributed by atoms with Crippen LogP contribution in [0, 0.1) is 11.3 Å². The van der Waals surface area contributed by atoms with E-state index in [4.69, 9.17) is 5.11 Å². The molecule has 0 aromatic heterocycles. The number of hydrogen-bond donors (Lipinski definition) is 1. The highest BCUT2D eigenvalue weighted by atomic mass is 79.9. The summed E-state index contributed by atoms with van der Waals surface area (Å²) in [6.07, 6.45) is 1.97. The van der Waals surface area contributed by atoms with Gasteiger partial charge in [0.25, 0.3) is 0 Å². The van der Waals surface area contributed by atoms with Crippen molar-refractivity contribution < 1.29 is 9.90 Å². The molecule has 9 heavy (non-hydrogen) atoms. The first-order valence-corrected chi connectivity index (χ1v) is 3.95. The highest BCUT2D eigenvalue weighted by Gasteiger charge is 2.72. The van der Waals surface area contributed by atoms with Crippen LogP contribution in [-0.2, 0) is 4.79 Å². The maximum atomic E-state index is 10.3. The highest BCUT2D eigenvalue weighted by Crippen LogP contribution is 2.73. The summed E-state index contributed by atoms with van der Waals surface area (Å²) in [4.78, 5) is 10.8. The molecule has 0 amide bonds. The van der Waals surface area contributed by atoms with Crippen LogP contribution in [0.5, 0.6) is 0 Å². The first-order chi connectivity index (χ1) is 4.17. The van der Waals surface area contributed by atoms with E-state index in [1.807, 2.05) is 0 Å². The molecule has 2 aliphatic carbocycles. The molecule has 3 heteroatoms. The first kappa shape index (κ1) is 5.71. The first-order valence-electron chi connectivity index (χ1n) is 3.04. The molecule has 0 aliphatic heterocycles. The fourth-order valence-electron chi connectivity index (χ4n) is 1.50. The van der Waals surface area contributed by atoms with Gasteiger partial charge in [0.2, 0.25) is 0 Å². The van der Waals surface area contributed by atoms with Crippen molar-refractivity contribution >= 4 is 21.9 Å². The number of rotatable bonds is 1. The number of hydrogen-bond acceptors (Lipinski definition) is 1. The number of carbonyl (C=O) groups is 1. The van der Waals surface area contributed by atoms with Gasteiger partial charge in [0.15, 0.2) is 0 Å². The summed E-state index contributed by atoms with van der Waals surface area (Å²) in [5.41, 5.74) is 0.214. The van der Waals surface area contributed by atoms with Gasteiger partial charge in [-0.25, -0.2) is 0 Å². The van der Waals surface area contributed by atoms with Gasteiger partial charge in [-0.2, -0.15) is 0 Å². The van der Waals surface area contributed by atoms with Crippen molar-refractivity contribution in [3.8, 4) is 0 Å². The molecule has 0 aromatic rings. The summed E-state index contributed by atoms with van der Waals surface area (Å²) in [6, 6.07) is 0. The van der Waals surface area contributed by atoms with Crippen LogP contribution in [0.2, 0.25) is 0 Å². The van der Waals surface area contributed by atoms with E-state index >= 15 is 0 Å². The number of aliphatic carboxylic acids is 1. The standard InChI is InChI=1S/C6H7BrO2/c7-4-2-6(4)1-3(6)5(8)9/h3-4H,1-2H2,(H,8,9)/t3-,4-,6-/m0/s1. The van der Waals surface area contributed by atoms with E-state index < -0.39 is 5.97 Å². The van der Waals surface area contributed by atoms with Crippen LogP contribution in [-0.4, -0.2) is 15.9 Å². The second-order valence-electron chi connectivity index (χ2n) is 3.00. The molecule has 3 atom stereocenters. The molecule has 0 heterocycles. The fourth-order valence-corrected chi connectivity index (χ4v) is 2.61. The van der Waals surface area contributed by atoms with Gasteiger partial charge in [-0.3, -0.25) is 4.79 Å². The van der Waals surface area contributed by atoms with Crippen molar-refractivity contribution in [3.63, 3.8) is 0 Å². The molecule has 0 radical (unpaired) electrons. The number of halogens is 1. The predicted octanol–water partition coefficient (Wildman–Crippen LogP) is 1.24. The minimum Gasteiger partial charge on any atom is -0.481 e. The molecule has 0 aromatic carbocycles. The molecule has 0 saturated heterocycles. The Morgan fingerprint density at radius 1 is 1.67 bits per heavy atom. The lowest BCUT2D eigenvalue weighted by atomic mass is 10.3. The smallest absolute Gasteiger partial charge is 0.307 e. The van der Waals surface area contributed by atoms with E-state index in [9.17, 15) is 4.79 Å². The van der Waals surface area contributed by atoms with Crippen LogP contribution in [0.15, 0.2) is 0 Å². The Balaban J connectivity index is 2.04. The van der Waals surface area contributed by atoms with E-state index in [2.05, 4.69) is 15.9 Å². The van der Waals surface area contributed by atoms with E-state index in [0.717, 1.165) is 12.8 Å². The minimum atomic E-state index is -0.614. The Morgan fingerprint density at radius 3 is 2.33 bits per heavy atom. The van der Waals surface area contributed by atoms with Gasteiger partial charge in [-0.05, 0) is 18.3 Å². The Labute approximate surface area is 61.4 Å². The predicted molar refractivity (Wildman–Crippen MR) is 35.5 cm³/mol. The van der Waals surface area contributed by atoms with E-state index in [1.54, 1.807) is 0 Å². The van der Waals surface area contributed by atoms with Crippen molar-refractivity contribution in [3.05, 3.63) is 0 Å². The van der Waals surface area contributed by atoms with Gasteiger partial charge < -0.3 is 5.11 Å². The van der Waals surface area contributed by atoms with Crippen molar-refractivity contribution in [2.45, 2.75) is 17.7 Å². The van der Waals surface area contributed by atoms with Gasteiger partial charge in [0.05, 0.1) is 5.92 Å². The number of carboxylic acids is 1. The van der Waals surface area contributed by atoms with Crippen molar-refractivity contribution in [1.29, 1.82) is 0 Å². The molecule has 50 valence electrons. The quantitative estimate of drug-likeness (QED) is 0.633. The Bertz CT molecular complexity index is 180. The zero-order chi connectivity index (χ0) is 6.65. The van der Waals surface area contributed by atoms with Gasteiger partial charge >= 0.3 is 5.97 Å². The molecule has 1 N–H and O–H groups in total. The molecule has 1 spiro atoms. The third-order valence-electron chi connectivity index (χ3n) is 2.44. The zero-order valence-electron chi connectivity index (χ0n) is 4.80. The third-order valence-corrected chi connectivity index (χ3v) is 3.67. The summed E-state index contributed by atoms with van der Waals surface area (Å²) >= 11 is 3.41. The van der Waals surface area contributed by atoms with E-state index in [1.165, 1.54) is 0 Å². The maximum Gasteiger partial charge on any atom is 0.307 e. The van der Waals surface area contributed by atoms with Crippen LogP contribution in [0.4, 0.5) is 0 Å². The van der Waals surface area contributed by atoms with Gasteiger partial charge in [0, 0.05) is 4.83 Å². The molecular formula is C6H7BrO2. The lowest BCUT2D eigenvalue weighted by molar-refractivity contribution is -0.138. The summed E-state index contributed by atoms with van der Waals surface area (Å²) in [7, 11) is 0. The second kappa shape index (κ2) is 1.34. The monoisotopic (exact) mass is 190 g/mol. The molecule has 2 nitrogen and oxygen atoms in total. The largest absolute Gasteiger partial charge is 0.481 e. The lowest BCUT2D eigenvalue weighted by Crippen LogP contribution is -2.00. The Hall–Kier alpha value is -0.0500. The molecule has 2 rings (SSSR count). The molecule has 2 fully saturated rings. The highest BCUT2D eigenvalue weighted by molar-refractivity contribution is 9.09. The van der Waals surface area contributed by atoms with Crippen LogP contribution in [0.25, 0.3) is 0 Å². The summed E-state index contributed by atoms with van der Waals surface area (Å²) in [6.45, 7) is 0. The molecule has 2 saturated carbocycles. The van der Waals surface area contributed by atoms with E-state index in [0.29, 0.717) is 4.83 Å². The Kier molecular flexibility index (Phi) is 0.849. The van der Waals surface area contributed by atoms with Crippen molar-refractivity contribution in [2.75, 3.05) is 0 Å². The van der Waals surface area contributed by atoms with Gasteiger partial charge in [-0.15, -0.1) is 0 Å². The molecule has 0 unspecified atom stereocenters. The summed E-state index contributed by atoms with van der Waals surface area (Å²) < 4.78 is 0. The molecule has 2 aliphatic rings. The van der Waals surface area contributed by atoms with Crippen molar-refractivity contribution in [2.24, 2.45) is 11.3 Å². The number of alkyl halides is 1.